The predicted molar refractivity (Wildman–Crippen MR) is 77.6 cm³/mol. The van der Waals surface area contributed by atoms with E-state index >= 15 is 0 Å². The molecule has 2 rings (SSSR count). The average molecular weight is 278 g/mol. The SMILES string of the molecule is COCCCSc1nnc(-c2ccc(C)cc2)n1N. The van der Waals surface area contributed by atoms with E-state index in [1.54, 1.807) is 23.5 Å². The number of nitrogen functional groups attached to an aromatic ring is 1. The van der Waals surface area contributed by atoms with E-state index in [0.717, 1.165) is 29.5 Å². The Morgan fingerprint density at radius 2 is 2.00 bits per heavy atom. The maximum absolute atomic E-state index is 6.03. The summed E-state index contributed by atoms with van der Waals surface area (Å²) >= 11 is 1.59. The third kappa shape index (κ3) is 3.48. The minimum Gasteiger partial charge on any atom is -0.385 e. The molecule has 0 fully saturated rings. The Bertz CT molecular complexity index is 524. The van der Waals surface area contributed by atoms with Crippen LogP contribution in [0.4, 0.5) is 0 Å². The molecular formula is C13H18N4OS. The Morgan fingerprint density at radius 1 is 1.26 bits per heavy atom. The van der Waals surface area contributed by atoms with E-state index in [1.165, 1.54) is 5.56 Å². The van der Waals surface area contributed by atoms with Gasteiger partial charge < -0.3 is 10.6 Å². The highest BCUT2D eigenvalue weighted by atomic mass is 32.2. The summed E-state index contributed by atoms with van der Waals surface area (Å²) < 4.78 is 6.55. The lowest BCUT2D eigenvalue weighted by Gasteiger charge is -2.04. The minimum absolute atomic E-state index is 0.689. The summed E-state index contributed by atoms with van der Waals surface area (Å²) in [5.74, 6) is 7.63. The number of hydrogen-bond donors (Lipinski definition) is 1. The highest BCUT2D eigenvalue weighted by molar-refractivity contribution is 7.99. The summed E-state index contributed by atoms with van der Waals surface area (Å²) in [6.45, 7) is 2.80. The molecule has 0 aliphatic carbocycles. The van der Waals surface area contributed by atoms with Gasteiger partial charge in [0.2, 0.25) is 5.16 Å². The first-order valence-electron chi connectivity index (χ1n) is 6.11. The zero-order valence-electron chi connectivity index (χ0n) is 11.2. The lowest BCUT2D eigenvalue weighted by atomic mass is 10.1. The summed E-state index contributed by atoms with van der Waals surface area (Å²) in [4.78, 5) is 0. The van der Waals surface area contributed by atoms with Gasteiger partial charge in [-0.15, -0.1) is 10.2 Å². The van der Waals surface area contributed by atoms with Crippen LogP contribution in [0, 0.1) is 6.92 Å². The van der Waals surface area contributed by atoms with Gasteiger partial charge in [0.1, 0.15) is 0 Å². The van der Waals surface area contributed by atoms with Crippen LogP contribution in [-0.2, 0) is 4.74 Å². The van der Waals surface area contributed by atoms with E-state index in [1.807, 2.05) is 31.2 Å². The van der Waals surface area contributed by atoms with Gasteiger partial charge in [0.05, 0.1) is 0 Å². The van der Waals surface area contributed by atoms with Gasteiger partial charge in [0, 0.05) is 25.0 Å². The molecule has 2 aromatic rings. The standard InChI is InChI=1S/C13H18N4OS/c1-10-4-6-11(7-5-10)12-15-16-13(17(12)14)19-9-3-8-18-2/h4-7H,3,8-9,14H2,1-2H3. The van der Waals surface area contributed by atoms with Crippen molar-refractivity contribution in [2.45, 2.75) is 18.5 Å². The minimum atomic E-state index is 0.689. The van der Waals surface area contributed by atoms with Crippen molar-refractivity contribution < 1.29 is 4.74 Å². The number of aryl methyl sites for hydroxylation is 1. The maximum atomic E-state index is 6.03. The van der Waals surface area contributed by atoms with Gasteiger partial charge in [-0.25, -0.2) is 4.68 Å². The number of nitrogens with zero attached hydrogens (tertiary/aromatic N) is 3. The smallest absolute Gasteiger partial charge is 0.210 e. The Balaban J connectivity index is 2.07. The van der Waals surface area contributed by atoms with Crippen LogP contribution in [0.15, 0.2) is 29.4 Å². The molecule has 0 aliphatic rings. The van der Waals surface area contributed by atoms with Gasteiger partial charge in [-0.1, -0.05) is 41.6 Å². The van der Waals surface area contributed by atoms with E-state index in [4.69, 9.17) is 10.6 Å². The quantitative estimate of drug-likeness (QED) is 0.498. The van der Waals surface area contributed by atoms with Crippen LogP contribution < -0.4 is 5.84 Å². The third-order valence-electron chi connectivity index (χ3n) is 2.70. The molecule has 0 atom stereocenters. The van der Waals surface area contributed by atoms with Gasteiger partial charge in [0.25, 0.3) is 0 Å². The summed E-state index contributed by atoms with van der Waals surface area (Å²) in [6, 6.07) is 8.08. The molecule has 1 aromatic heterocycles. The molecule has 6 heteroatoms. The van der Waals surface area contributed by atoms with Crippen molar-refractivity contribution in [3.63, 3.8) is 0 Å². The number of aromatic nitrogens is 3. The van der Waals surface area contributed by atoms with E-state index < -0.39 is 0 Å². The van der Waals surface area contributed by atoms with Gasteiger partial charge in [-0.3, -0.25) is 0 Å². The molecule has 1 aromatic carbocycles. The number of benzene rings is 1. The fourth-order valence-electron chi connectivity index (χ4n) is 1.64. The lowest BCUT2D eigenvalue weighted by Crippen LogP contribution is -2.11. The zero-order valence-corrected chi connectivity index (χ0v) is 12.0. The van der Waals surface area contributed by atoms with Gasteiger partial charge in [0.15, 0.2) is 5.82 Å². The molecule has 0 amide bonds. The molecule has 0 saturated heterocycles. The first-order valence-corrected chi connectivity index (χ1v) is 7.10. The van der Waals surface area contributed by atoms with E-state index in [9.17, 15) is 0 Å². The molecule has 102 valence electrons. The van der Waals surface area contributed by atoms with Crippen molar-refractivity contribution in [2.75, 3.05) is 25.3 Å². The topological polar surface area (TPSA) is 66.0 Å². The van der Waals surface area contributed by atoms with Crippen LogP contribution in [0.3, 0.4) is 0 Å². The first kappa shape index (κ1) is 13.9. The highest BCUT2D eigenvalue weighted by Crippen LogP contribution is 2.22. The largest absolute Gasteiger partial charge is 0.385 e. The number of nitrogens with two attached hydrogens (primary N) is 1. The second-order valence-electron chi connectivity index (χ2n) is 4.24. The average Bonchev–Trinajstić information content (AvgIpc) is 2.77. The molecule has 0 aliphatic heterocycles. The molecular weight excluding hydrogens is 260 g/mol. The van der Waals surface area contributed by atoms with Crippen molar-refractivity contribution >= 4 is 11.8 Å². The number of rotatable bonds is 6. The molecule has 0 saturated carbocycles. The van der Waals surface area contributed by atoms with Gasteiger partial charge in [-0.05, 0) is 13.3 Å². The van der Waals surface area contributed by atoms with Gasteiger partial charge >= 0.3 is 0 Å². The maximum Gasteiger partial charge on any atom is 0.210 e. The molecule has 0 radical (unpaired) electrons. The van der Waals surface area contributed by atoms with Gasteiger partial charge in [-0.2, -0.15) is 0 Å². The molecule has 0 spiro atoms. The molecule has 5 nitrogen and oxygen atoms in total. The van der Waals surface area contributed by atoms with Crippen LogP contribution in [0.25, 0.3) is 11.4 Å². The molecule has 0 unspecified atom stereocenters. The van der Waals surface area contributed by atoms with E-state index in [0.29, 0.717) is 5.82 Å². The monoisotopic (exact) mass is 278 g/mol. The molecule has 1 heterocycles. The second kappa shape index (κ2) is 6.58. The summed E-state index contributed by atoms with van der Waals surface area (Å²) in [6.07, 6.45) is 0.966. The fraction of sp³-hybridized carbons (Fsp3) is 0.385. The van der Waals surface area contributed by atoms with Crippen molar-refractivity contribution in [1.82, 2.24) is 14.9 Å². The highest BCUT2D eigenvalue weighted by Gasteiger charge is 2.11. The summed E-state index contributed by atoms with van der Waals surface area (Å²) in [7, 11) is 1.70. The number of methoxy groups -OCH3 is 1. The number of ether oxygens (including phenoxy) is 1. The summed E-state index contributed by atoms with van der Waals surface area (Å²) in [5.41, 5.74) is 2.19. The lowest BCUT2D eigenvalue weighted by molar-refractivity contribution is 0.200. The van der Waals surface area contributed by atoms with Crippen molar-refractivity contribution in [3.8, 4) is 11.4 Å². The summed E-state index contributed by atoms with van der Waals surface area (Å²) in [5, 5.41) is 9.00. The Hall–Kier alpha value is -1.53. The predicted octanol–water partition coefficient (Wildman–Crippen LogP) is 2.10. The van der Waals surface area contributed by atoms with Crippen LogP contribution in [-0.4, -0.2) is 34.3 Å². The molecule has 19 heavy (non-hydrogen) atoms. The van der Waals surface area contributed by atoms with Crippen molar-refractivity contribution in [1.29, 1.82) is 0 Å². The number of thioether (sulfide) groups is 1. The Kier molecular flexibility index (Phi) is 4.81. The van der Waals surface area contributed by atoms with Crippen LogP contribution in [0.2, 0.25) is 0 Å². The van der Waals surface area contributed by atoms with Crippen LogP contribution in [0.1, 0.15) is 12.0 Å². The Morgan fingerprint density at radius 3 is 2.68 bits per heavy atom. The van der Waals surface area contributed by atoms with Crippen LogP contribution >= 0.6 is 11.8 Å². The third-order valence-corrected chi connectivity index (χ3v) is 3.73. The first-order chi connectivity index (χ1) is 9.22. The number of hydrogen-bond acceptors (Lipinski definition) is 5. The fourth-order valence-corrected chi connectivity index (χ4v) is 2.41. The molecule has 0 bridgehead atoms. The Labute approximate surface area is 117 Å². The van der Waals surface area contributed by atoms with E-state index in [2.05, 4.69) is 10.2 Å². The van der Waals surface area contributed by atoms with Crippen LogP contribution in [0.5, 0.6) is 0 Å². The van der Waals surface area contributed by atoms with Crippen molar-refractivity contribution in [2.24, 2.45) is 0 Å². The van der Waals surface area contributed by atoms with E-state index in [-0.39, 0.29) is 0 Å². The zero-order chi connectivity index (χ0) is 13.7. The second-order valence-corrected chi connectivity index (χ2v) is 5.30. The normalized spacial score (nSPS) is 10.8. The van der Waals surface area contributed by atoms with Crippen molar-refractivity contribution in [3.05, 3.63) is 29.8 Å². The molecule has 2 N–H and O–H groups in total.